The molecule has 37 heavy (non-hydrogen) atoms. The number of aromatic nitrogens is 4. The number of amides is 1. The number of rotatable bonds is 6. The quantitative estimate of drug-likeness (QED) is 0.334. The molecule has 2 aromatic carbocycles. The molecule has 10 heteroatoms. The SMILES string of the molecule is COc1cccc2cc(C(=O)Nc3ccc(Oc4cc(-n5cnc(C)c5C)nc(C)n4)cc3)c(=O)oc12. The zero-order chi connectivity index (χ0) is 26.1. The average molecular weight is 498 g/mol. The van der Waals surface area contributed by atoms with E-state index in [1.807, 2.05) is 18.4 Å². The van der Waals surface area contributed by atoms with Crippen LogP contribution in [0.5, 0.6) is 17.4 Å². The largest absolute Gasteiger partial charge is 0.493 e. The second-order valence-electron chi connectivity index (χ2n) is 8.30. The number of methoxy groups -OCH3 is 1. The number of anilines is 1. The first-order chi connectivity index (χ1) is 17.8. The second-order valence-corrected chi connectivity index (χ2v) is 8.30. The maximum Gasteiger partial charge on any atom is 0.349 e. The van der Waals surface area contributed by atoms with Crippen molar-refractivity contribution < 1.29 is 18.7 Å². The third-order valence-electron chi connectivity index (χ3n) is 5.82. The molecule has 0 radical (unpaired) electrons. The Labute approximate surface area is 211 Å². The number of ether oxygens (including phenoxy) is 2. The molecule has 10 nitrogen and oxygen atoms in total. The molecule has 5 rings (SSSR count). The average Bonchev–Trinajstić information content (AvgIpc) is 3.22. The maximum absolute atomic E-state index is 12.8. The highest BCUT2D eigenvalue weighted by Gasteiger charge is 2.16. The summed E-state index contributed by atoms with van der Waals surface area (Å²) >= 11 is 0. The molecule has 3 heterocycles. The van der Waals surface area contributed by atoms with Crippen LogP contribution in [-0.4, -0.2) is 32.5 Å². The minimum atomic E-state index is -0.757. The van der Waals surface area contributed by atoms with Crippen molar-refractivity contribution in [2.75, 3.05) is 12.4 Å². The molecule has 1 N–H and O–H groups in total. The summed E-state index contributed by atoms with van der Waals surface area (Å²) in [6, 6.07) is 15.1. The molecule has 0 saturated carbocycles. The van der Waals surface area contributed by atoms with Crippen LogP contribution in [0, 0.1) is 20.8 Å². The van der Waals surface area contributed by atoms with Crippen molar-refractivity contribution in [3.05, 3.63) is 94.1 Å². The highest BCUT2D eigenvalue weighted by atomic mass is 16.5. The third-order valence-corrected chi connectivity index (χ3v) is 5.82. The second kappa shape index (κ2) is 9.57. The summed E-state index contributed by atoms with van der Waals surface area (Å²) in [5.74, 6) is 1.91. The molecular weight excluding hydrogens is 474 g/mol. The maximum atomic E-state index is 12.8. The Morgan fingerprint density at radius 3 is 2.51 bits per heavy atom. The monoisotopic (exact) mass is 497 g/mol. The summed E-state index contributed by atoms with van der Waals surface area (Å²) in [5.41, 5.74) is 1.78. The Bertz CT molecular complexity index is 1690. The van der Waals surface area contributed by atoms with Crippen molar-refractivity contribution in [2.45, 2.75) is 20.8 Å². The van der Waals surface area contributed by atoms with Crippen LogP contribution < -0.4 is 20.4 Å². The van der Waals surface area contributed by atoms with Crippen LogP contribution in [0.1, 0.15) is 27.6 Å². The van der Waals surface area contributed by atoms with Gasteiger partial charge in [-0.1, -0.05) is 12.1 Å². The normalized spacial score (nSPS) is 10.9. The molecule has 0 atom stereocenters. The van der Waals surface area contributed by atoms with E-state index in [1.165, 1.54) is 13.2 Å². The van der Waals surface area contributed by atoms with Gasteiger partial charge in [0.25, 0.3) is 5.91 Å². The van der Waals surface area contributed by atoms with Gasteiger partial charge in [-0.25, -0.2) is 14.8 Å². The summed E-state index contributed by atoms with van der Waals surface area (Å²) in [6.45, 7) is 5.68. The molecule has 0 saturated heterocycles. The fourth-order valence-corrected chi connectivity index (χ4v) is 3.79. The lowest BCUT2D eigenvalue weighted by Gasteiger charge is -2.10. The smallest absolute Gasteiger partial charge is 0.349 e. The fourth-order valence-electron chi connectivity index (χ4n) is 3.79. The van der Waals surface area contributed by atoms with Crippen LogP contribution in [0.25, 0.3) is 16.8 Å². The lowest BCUT2D eigenvalue weighted by molar-refractivity contribution is 0.102. The zero-order valence-electron chi connectivity index (χ0n) is 20.6. The van der Waals surface area contributed by atoms with Gasteiger partial charge in [-0.2, -0.15) is 4.98 Å². The first-order valence-corrected chi connectivity index (χ1v) is 11.4. The van der Waals surface area contributed by atoms with Crippen molar-refractivity contribution in [1.82, 2.24) is 19.5 Å². The molecule has 5 aromatic rings. The summed E-state index contributed by atoms with van der Waals surface area (Å²) in [6.07, 6.45) is 1.71. The zero-order valence-corrected chi connectivity index (χ0v) is 20.6. The van der Waals surface area contributed by atoms with Gasteiger partial charge in [0.15, 0.2) is 11.3 Å². The number of imidazole rings is 1. The van der Waals surface area contributed by atoms with E-state index < -0.39 is 11.5 Å². The van der Waals surface area contributed by atoms with Crippen LogP contribution in [0.15, 0.2) is 70.1 Å². The van der Waals surface area contributed by atoms with E-state index >= 15 is 0 Å². The molecule has 3 aromatic heterocycles. The predicted octanol–water partition coefficient (Wildman–Crippen LogP) is 4.75. The lowest BCUT2D eigenvalue weighted by atomic mass is 10.1. The van der Waals surface area contributed by atoms with Crippen LogP contribution in [-0.2, 0) is 0 Å². The molecule has 186 valence electrons. The Hall–Kier alpha value is -4.99. The molecule has 0 unspecified atom stereocenters. The molecule has 0 aliphatic rings. The number of fused-ring (bicyclic) bond motifs is 1. The first kappa shape index (κ1) is 23.7. The first-order valence-electron chi connectivity index (χ1n) is 11.4. The van der Waals surface area contributed by atoms with Gasteiger partial charge in [-0.05, 0) is 57.2 Å². The number of carbonyl (C=O) groups is 1. The van der Waals surface area contributed by atoms with E-state index in [2.05, 4.69) is 20.3 Å². The van der Waals surface area contributed by atoms with E-state index in [0.29, 0.717) is 40.1 Å². The summed E-state index contributed by atoms with van der Waals surface area (Å²) < 4.78 is 18.4. The number of nitrogens with one attached hydrogen (secondary N) is 1. The lowest BCUT2D eigenvalue weighted by Crippen LogP contribution is -2.20. The van der Waals surface area contributed by atoms with Gasteiger partial charge in [0.2, 0.25) is 5.88 Å². The number of hydrogen-bond donors (Lipinski definition) is 1. The third kappa shape index (κ3) is 4.76. The van der Waals surface area contributed by atoms with Crippen molar-refractivity contribution in [3.8, 4) is 23.2 Å². The number of aryl methyl sites for hydroxylation is 2. The fraction of sp³-hybridized carbons (Fsp3) is 0.148. The van der Waals surface area contributed by atoms with E-state index in [4.69, 9.17) is 13.9 Å². The van der Waals surface area contributed by atoms with Gasteiger partial charge in [0.05, 0.1) is 12.8 Å². The van der Waals surface area contributed by atoms with Crippen LogP contribution in [0.4, 0.5) is 5.69 Å². The predicted molar refractivity (Wildman–Crippen MR) is 137 cm³/mol. The molecule has 0 aliphatic carbocycles. The van der Waals surface area contributed by atoms with Gasteiger partial charge in [-0.3, -0.25) is 9.36 Å². The van der Waals surface area contributed by atoms with Crippen LogP contribution in [0.2, 0.25) is 0 Å². The molecule has 1 amide bonds. The molecule has 0 aliphatic heterocycles. The minimum absolute atomic E-state index is 0.116. The number of para-hydroxylation sites is 1. The number of benzene rings is 2. The Morgan fingerprint density at radius 2 is 1.81 bits per heavy atom. The molecule has 0 spiro atoms. The summed E-state index contributed by atoms with van der Waals surface area (Å²) in [4.78, 5) is 38.4. The number of carbonyl (C=O) groups excluding carboxylic acids is 1. The minimum Gasteiger partial charge on any atom is -0.493 e. The Kier molecular flexibility index (Phi) is 6.14. The van der Waals surface area contributed by atoms with Crippen LogP contribution in [0.3, 0.4) is 0 Å². The molecular formula is C27H23N5O5. The summed E-state index contributed by atoms with van der Waals surface area (Å²) in [7, 11) is 1.48. The summed E-state index contributed by atoms with van der Waals surface area (Å²) in [5, 5.41) is 3.29. The van der Waals surface area contributed by atoms with Crippen molar-refractivity contribution in [3.63, 3.8) is 0 Å². The number of nitrogens with zero attached hydrogens (tertiary/aromatic N) is 4. The van der Waals surface area contributed by atoms with E-state index in [-0.39, 0.29) is 11.1 Å². The van der Waals surface area contributed by atoms with E-state index in [0.717, 1.165) is 11.4 Å². The van der Waals surface area contributed by atoms with Crippen molar-refractivity contribution >= 4 is 22.6 Å². The van der Waals surface area contributed by atoms with Gasteiger partial charge in [0, 0.05) is 22.8 Å². The van der Waals surface area contributed by atoms with Gasteiger partial charge in [-0.15, -0.1) is 0 Å². The Balaban J connectivity index is 1.33. The highest BCUT2D eigenvalue weighted by Crippen LogP contribution is 2.26. The van der Waals surface area contributed by atoms with Gasteiger partial charge >= 0.3 is 5.63 Å². The Morgan fingerprint density at radius 1 is 1.03 bits per heavy atom. The van der Waals surface area contributed by atoms with Crippen LogP contribution >= 0.6 is 0 Å². The van der Waals surface area contributed by atoms with Gasteiger partial charge < -0.3 is 19.2 Å². The molecule has 0 fully saturated rings. The standard InChI is InChI=1S/C27H23N5O5/c1-15-16(2)32(14-28-15)23-13-24(30-17(3)29-23)36-20-10-8-19(9-11-20)31-26(33)21-12-18-6-5-7-22(35-4)25(18)37-27(21)34/h5-14H,1-4H3,(H,31,33). The topological polar surface area (TPSA) is 121 Å². The highest BCUT2D eigenvalue weighted by molar-refractivity contribution is 6.05. The molecule has 0 bridgehead atoms. The van der Waals surface area contributed by atoms with E-state index in [9.17, 15) is 9.59 Å². The van der Waals surface area contributed by atoms with Gasteiger partial charge in [0.1, 0.15) is 29.3 Å². The number of hydrogen-bond acceptors (Lipinski definition) is 8. The van der Waals surface area contributed by atoms with Crippen molar-refractivity contribution in [1.29, 1.82) is 0 Å². The van der Waals surface area contributed by atoms with Crippen molar-refractivity contribution in [2.24, 2.45) is 0 Å². The van der Waals surface area contributed by atoms with E-state index in [1.54, 1.807) is 61.8 Å².